The van der Waals surface area contributed by atoms with Gasteiger partial charge in [0.2, 0.25) is 0 Å². The number of pyridine rings is 1. The van der Waals surface area contributed by atoms with Gasteiger partial charge in [-0.3, -0.25) is 9.78 Å². The fourth-order valence-corrected chi connectivity index (χ4v) is 1.27. The van der Waals surface area contributed by atoms with Crippen molar-refractivity contribution >= 4 is 17.3 Å². The van der Waals surface area contributed by atoms with Crippen molar-refractivity contribution in [3.8, 4) is 0 Å². The molecule has 3 N–H and O–H groups in total. The van der Waals surface area contributed by atoms with E-state index in [0.29, 0.717) is 12.1 Å². The number of nitrogens with one attached hydrogen (secondary N) is 1. The van der Waals surface area contributed by atoms with Crippen molar-refractivity contribution in [1.29, 1.82) is 0 Å². The van der Waals surface area contributed by atoms with Crippen molar-refractivity contribution in [3.63, 3.8) is 0 Å². The highest BCUT2D eigenvalue weighted by Gasteiger charge is 2.21. The molecule has 1 amide bonds. The smallest absolute Gasteiger partial charge is 0.275 e. The summed E-state index contributed by atoms with van der Waals surface area (Å²) in [5.74, 6) is -0.615. The molecule has 1 rings (SSSR count). The number of nitrogens with zero attached hydrogens (tertiary/aromatic N) is 3. The molecule has 7 heteroatoms. The molecule has 18 heavy (non-hydrogen) atoms. The van der Waals surface area contributed by atoms with Gasteiger partial charge in [0, 0.05) is 24.5 Å². The predicted molar refractivity (Wildman–Crippen MR) is 65.1 cm³/mol. The average molecular weight is 250 g/mol. The monoisotopic (exact) mass is 250 g/mol. The van der Waals surface area contributed by atoms with E-state index in [1.807, 2.05) is 6.92 Å². The highest BCUT2D eigenvalue weighted by molar-refractivity contribution is 6.69. The minimum atomic E-state index is -0.615. The van der Waals surface area contributed by atoms with Crippen molar-refractivity contribution < 1.29 is 15.2 Å². The molecule has 96 valence electrons. The molecule has 0 bridgehead atoms. The van der Waals surface area contributed by atoms with E-state index in [9.17, 15) is 4.79 Å². The van der Waals surface area contributed by atoms with Gasteiger partial charge in [-0.25, -0.2) is 0 Å². The SMILES string of the molecule is CCCNC(=O)C(=NO)C(=NO)c1cccnc1. The van der Waals surface area contributed by atoms with E-state index in [0.717, 1.165) is 6.42 Å². The summed E-state index contributed by atoms with van der Waals surface area (Å²) in [5.41, 5.74) is -0.127. The largest absolute Gasteiger partial charge is 0.410 e. The summed E-state index contributed by atoms with van der Waals surface area (Å²) in [6.45, 7) is 2.32. The lowest BCUT2D eigenvalue weighted by atomic mass is 10.1. The quantitative estimate of drug-likeness (QED) is 0.404. The maximum absolute atomic E-state index is 11.7. The van der Waals surface area contributed by atoms with Crippen molar-refractivity contribution in [3.05, 3.63) is 30.1 Å². The molecule has 1 heterocycles. The van der Waals surface area contributed by atoms with Gasteiger partial charge in [-0.2, -0.15) is 0 Å². The van der Waals surface area contributed by atoms with Crippen LogP contribution in [0.2, 0.25) is 0 Å². The van der Waals surface area contributed by atoms with Gasteiger partial charge in [0.15, 0.2) is 5.71 Å². The molecule has 0 aliphatic rings. The van der Waals surface area contributed by atoms with Crippen molar-refractivity contribution in [2.45, 2.75) is 13.3 Å². The van der Waals surface area contributed by atoms with E-state index in [1.165, 1.54) is 12.4 Å². The van der Waals surface area contributed by atoms with Gasteiger partial charge >= 0.3 is 0 Å². The molecule has 0 aliphatic heterocycles. The average Bonchev–Trinajstić information content (AvgIpc) is 2.42. The van der Waals surface area contributed by atoms with Crippen LogP contribution in [-0.4, -0.2) is 39.3 Å². The lowest BCUT2D eigenvalue weighted by Gasteiger charge is -2.06. The minimum Gasteiger partial charge on any atom is -0.410 e. The number of oxime groups is 2. The van der Waals surface area contributed by atoms with Crippen molar-refractivity contribution in [2.75, 3.05) is 6.54 Å². The van der Waals surface area contributed by atoms with Crippen LogP contribution in [0, 0.1) is 0 Å². The number of amides is 1. The molecule has 0 saturated heterocycles. The minimum absolute atomic E-state index is 0.140. The van der Waals surface area contributed by atoms with Crippen LogP contribution in [0.3, 0.4) is 0 Å². The Balaban J connectivity index is 2.97. The number of hydrogen-bond donors (Lipinski definition) is 3. The van der Waals surface area contributed by atoms with Crippen LogP contribution in [0.5, 0.6) is 0 Å². The first kappa shape index (κ1) is 13.6. The third-order valence-electron chi connectivity index (χ3n) is 2.11. The van der Waals surface area contributed by atoms with Gasteiger partial charge in [0.05, 0.1) is 0 Å². The molecular formula is C11H14N4O3. The van der Waals surface area contributed by atoms with E-state index in [-0.39, 0.29) is 11.4 Å². The Kier molecular flexibility index (Phi) is 5.30. The summed E-state index contributed by atoms with van der Waals surface area (Å²) in [6.07, 6.45) is 3.67. The zero-order chi connectivity index (χ0) is 13.4. The Morgan fingerprint density at radius 1 is 1.44 bits per heavy atom. The van der Waals surface area contributed by atoms with E-state index in [4.69, 9.17) is 10.4 Å². The number of hydrogen-bond acceptors (Lipinski definition) is 6. The summed E-state index contributed by atoms with van der Waals surface area (Å²) in [5, 5.41) is 26.2. The van der Waals surface area contributed by atoms with Crippen LogP contribution >= 0.6 is 0 Å². The van der Waals surface area contributed by atoms with Crippen LogP contribution < -0.4 is 5.32 Å². The Hall–Kier alpha value is -2.44. The summed E-state index contributed by atoms with van der Waals surface area (Å²) >= 11 is 0. The van der Waals surface area contributed by atoms with Gasteiger partial charge in [0.1, 0.15) is 5.71 Å². The summed E-state index contributed by atoms with van der Waals surface area (Å²) in [4.78, 5) is 15.5. The lowest BCUT2D eigenvalue weighted by Crippen LogP contribution is -2.36. The van der Waals surface area contributed by atoms with Crippen LogP contribution in [0.4, 0.5) is 0 Å². The highest BCUT2D eigenvalue weighted by atomic mass is 16.4. The fraction of sp³-hybridized carbons (Fsp3) is 0.273. The maximum Gasteiger partial charge on any atom is 0.275 e. The van der Waals surface area contributed by atoms with Gasteiger partial charge in [-0.1, -0.05) is 17.2 Å². The first-order chi connectivity index (χ1) is 8.74. The molecule has 0 unspecified atom stereocenters. The van der Waals surface area contributed by atoms with Crippen LogP contribution in [0.1, 0.15) is 18.9 Å². The summed E-state index contributed by atoms with van der Waals surface area (Å²) < 4.78 is 0. The van der Waals surface area contributed by atoms with E-state index in [1.54, 1.807) is 12.1 Å². The third kappa shape index (κ3) is 3.27. The highest BCUT2D eigenvalue weighted by Crippen LogP contribution is 2.01. The zero-order valence-electron chi connectivity index (χ0n) is 9.87. The molecule has 1 aromatic heterocycles. The van der Waals surface area contributed by atoms with Gasteiger partial charge in [0.25, 0.3) is 5.91 Å². The number of aromatic nitrogens is 1. The van der Waals surface area contributed by atoms with Crippen molar-refractivity contribution in [2.24, 2.45) is 10.3 Å². The molecule has 7 nitrogen and oxygen atoms in total. The summed E-state index contributed by atoms with van der Waals surface area (Å²) in [6, 6.07) is 3.19. The molecule has 0 radical (unpaired) electrons. The summed E-state index contributed by atoms with van der Waals surface area (Å²) in [7, 11) is 0. The zero-order valence-corrected chi connectivity index (χ0v) is 9.87. The second-order valence-corrected chi connectivity index (χ2v) is 3.39. The van der Waals surface area contributed by atoms with E-state index in [2.05, 4.69) is 20.6 Å². The second kappa shape index (κ2) is 7.00. The third-order valence-corrected chi connectivity index (χ3v) is 2.11. The molecule has 1 aromatic rings. The topological polar surface area (TPSA) is 107 Å². The van der Waals surface area contributed by atoms with Gasteiger partial charge in [-0.15, -0.1) is 0 Å². The standard InChI is InChI=1S/C11H14N4O3/c1-2-5-13-11(16)10(15-18)9(14-17)8-4-3-6-12-7-8/h3-4,6-7,17-18H,2,5H2,1H3,(H,13,16). The number of rotatable bonds is 5. The van der Waals surface area contributed by atoms with Gasteiger partial charge < -0.3 is 15.7 Å². The molecule has 0 atom stereocenters. The Labute approximate surface area is 104 Å². The van der Waals surface area contributed by atoms with Crippen molar-refractivity contribution in [1.82, 2.24) is 10.3 Å². The van der Waals surface area contributed by atoms with Crippen LogP contribution in [-0.2, 0) is 4.79 Å². The Bertz CT molecular complexity index is 457. The van der Waals surface area contributed by atoms with Crippen LogP contribution in [0.25, 0.3) is 0 Å². The fourth-order valence-electron chi connectivity index (χ4n) is 1.27. The van der Waals surface area contributed by atoms with E-state index < -0.39 is 5.91 Å². The first-order valence-electron chi connectivity index (χ1n) is 5.37. The molecular weight excluding hydrogens is 236 g/mol. The maximum atomic E-state index is 11.7. The normalized spacial score (nSPS) is 12.3. The Morgan fingerprint density at radius 3 is 2.72 bits per heavy atom. The number of carbonyl (C=O) groups is 1. The Morgan fingerprint density at radius 2 is 2.22 bits per heavy atom. The molecule has 0 aromatic carbocycles. The molecule has 0 saturated carbocycles. The van der Waals surface area contributed by atoms with Gasteiger partial charge in [-0.05, 0) is 18.6 Å². The first-order valence-corrected chi connectivity index (χ1v) is 5.37. The lowest BCUT2D eigenvalue weighted by molar-refractivity contribution is -0.114. The molecule has 0 aliphatic carbocycles. The van der Waals surface area contributed by atoms with Crippen LogP contribution in [0.15, 0.2) is 34.8 Å². The predicted octanol–water partition coefficient (Wildman–Crippen LogP) is 0.616. The number of carbonyl (C=O) groups excluding carboxylic acids is 1. The second-order valence-electron chi connectivity index (χ2n) is 3.39. The van der Waals surface area contributed by atoms with E-state index >= 15 is 0 Å². The molecule has 0 spiro atoms. The molecule has 0 fully saturated rings.